The van der Waals surface area contributed by atoms with Gasteiger partial charge in [0.2, 0.25) is 0 Å². The maximum absolute atomic E-state index is 13.2. The molecule has 1 fully saturated rings. The van der Waals surface area contributed by atoms with Gasteiger partial charge in [-0.2, -0.15) is 0 Å². The molecule has 7 nitrogen and oxygen atoms in total. The van der Waals surface area contributed by atoms with Gasteiger partial charge in [0.25, 0.3) is 5.91 Å². The Bertz CT molecular complexity index is 1590. The molecule has 1 saturated heterocycles. The van der Waals surface area contributed by atoms with Crippen LogP contribution in [0.25, 0.3) is 17.1 Å². The lowest BCUT2D eigenvalue weighted by atomic mass is 9.90. The number of likely N-dealkylation sites (tertiary alicyclic amines) is 1. The molecule has 0 unspecified atom stereocenters. The van der Waals surface area contributed by atoms with Crippen LogP contribution in [0.3, 0.4) is 0 Å². The predicted molar refractivity (Wildman–Crippen MR) is 164 cm³/mol. The summed E-state index contributed by atoms with van der Waals surface area (Å²) < 4.78 is 7.48. The van der Waals surface area contributed by atoms with Crippen LogP contribution in [0.15, 0.2) is 95.5 Å². The number of benzene rings is 3. The molecule has 1 aliphatic heterocycles. The van der Waals surface area contributed by atoms with Gasteiger partial charge in [-0.15, -0.1) is 21.5 Å². The molecule has 1 aliphatic rings. The van der Waals surface area contributed by atoms with Gasteiger partial charge in [-0.1, -0.05) is 72.4 Å². The van der Waals surface area contributed by atoms with Crippen LogP contribution in [0, 0.1) is 5.92 Å². The largest absolute Gasteiger partial charge is 0.497 e. The molecule has 3 heterocycles. The highest BCUT2D eigenvalue weighted by Crippen LogP contribution is 2.32. The number of nitrogens with zero attached hydrogens (tertiary/aromatic N) is 5. The van der Waals surface area contributed by atoms with Crippen molar-refractivity contribution in [1.29, 1.82) is 0 Å². The highest BCUT2D eigenvalue weighted by Gasteiger charge is 2.25. The molecule has 0 saturated carbocycles. The summed E-state index contributed by atoms with van der Waals surface area (Å²) in [6.07, 6.45) is 3.13. The van der Waals surface area contributed by atoms with Crippen LogP contribution in [0.2, 0.25) is 0 Å². The number of ether oxygens (including phenoxy) is 1. The van der Waals surface area contributed by atoms with Crippen LogP contribution in [0.4, 0.5) is 0 Å². The lowest BCUT2D eigenvalue weighted by Crippen LogP contribution is -2.39. The minimum atomic E-state index is 0.0309. The molecule has 0 spiro atoms. The smallest absolute Gasteiger partial charge is 0.273 e. The first kappa shape index (κ1) is 27.2. The molecule has 3 aromatic carbocycles. The van der Waals surface area contributed by atoms with Crippen LogP contribution in [-0.4, -0.2) is 50.8 Å². The highest BCUT2D eigenvalue weighted by molar-refractivity contribution is 7.98. The Balaban J connectivity index is 1.12. The summed E-state index contributed by atoms with van der Waals surface area (Å²) in [6, 6.07) is 28.5. The maximum Gasteiger partial charge on any atom is 0.273 e. The van der Waals surface area contributed by atoms with Crippen LogP contribution in [0.1, 0.15) is 33.9 Å². The Labute approximate surface area is 248 Å². The molecule has 0 N–H and O–H groups in total. The first-order valence-electron chi connectivity index (χ1n) is 13.7. The maximum atomic E-state index is 13.2. The molecule has 208 valence electrons. The van der Waals surface area contributed by atoms with E-state index in [2.05, 4.69) is 45.1 Å². The number of aromatic nitrogens is 4. The average molecular weight is 582 g/mol. The second kappa shape index (κ2) is 12.7. The number of hydrogen-bond donors (Lipinski definition) is 0. The van der Waals surface area contributed by atoms with Gasteiger partial charge in [-0.05, 0) is 55.0 Å². The molecule has 2 aromatic heterocycles. The molecule has 0 bridgehead atoms. The Morgan fingerprint density at radius 1 is 0.976 bits per heavy atom. The normalized spacial score (nSPS) is 13.8. The van der Waals surface area contributed by atoms with Gasteiger partial charge in [0.1, 0.15) is 16.5 Å². The number of thioether (sulfide) groups is 1. The van der Waals surface area contributed by atoms with E-state index in [1.165, 1.54) is 16.9 Å². The fourth-order valence-electron chi connectivity index (χ4n) is 5.17. The van der Waals surface area contributed by atoms with Crippen molar-refractivity contribution in [3.8, 4) is 22.8 Å². The van der Waals surface area contributed by atoms with Crippen molar-refractivity contribution >= 4 is 29.0 Å². The fraction of sp³-hybridized carbons (Fsp3) is 0.250. The second-order valence-electron chi connectivity index (χ2n) is 10.0. The topological polar surface area (TPSA) is 73.1 Å². The van der Waals surface area contributed by atoms with Gasteiger partial charge >= 0.3 is 0 Å². The van der Waals surface area contributed by atoms with E-state index in [0.717, 1.165) is 65.3 Å². The van der Waals surface area contributed by atoms with Crippen LogP contribution in [-0.2, 0) is 12.2 Å². The van der Waals surface area contributed by atoms with Crippen LogP contribution < -0.4 is 4.74 Å². The first-order valence-corrected chi connectivity index (χ1v) is 15.6. The molecule has 5 aromatic rings. The molecule has 0 aliphatic carbocycles. The van der Waals surface area contributed by atoms with Crippen molar-refractivity contribution in [2.24, 2.45) is 5.92 Å². The van der Waals surface area contributed by atoms with Gasteiger partial charge in [-0.25, -0.2) is 4.98 Å². The molecule has 41 heavy (non-hydrogen) atoms. The number of para-hydroxylation sites is 1. The summed E-state index contributed by atoms with van der Waals surface area (Å²) >= 11 is 3.08. The van der Waals surface area contributed by atoms with Crippen molar-refractivity contribution in [3.63, 3.8) is 0 Å². The molecular formula is C32H31N5O2S2. The molecule has 1 amide bonds. The third kappa shape index (κ3) is 6.36. The molecule has 0 atom stereocenters. The van der Waals surface area contributed by atoms with E-state index < -0.39 is 0 Å². The minimum absolute atomic E-state index is 0.0309. The first-order chi connectivity index (χ1) is 20.2. The van der Waals surface area contributed by atoms with E-state index in [-0.39, 0.29) is 5.91 Å². The zero-order valence-electron chi connectivity index (χ0n) is 22.8. The number of carbonyl (C=O) groups is 1. The summed E-state index contributed by atoms with van der Waals surface area (Å²) in [4.78, 5) is 19.9. The van der Waals surface area contributed by atoms with Crippen LogP contribution >= 0.6 is 23.1 Å². The monoisotopic (exact) mass is 581 g/mol. The van der Waals surface area contributed by atoms with Gasteiger partial charge in [0.05, 0.1) is 12.9 Å². The minimum Gasteiger partial charge on any atom is -0.497 e. The fourth-order valence-corrected chi connectivity index (χ4v) is 6.91. The SMILES string of the molecule is COc1cccc(-c2nnc(SCc3nc(C(=O)N4CCC(Cc5ccccc5)CC4)cs3)n2-c2ccccc2)c1. The van der Waals surface area contributed by atoms with E-state index >= 15 is 0 Å². The van der Waals surface area contributed by atoms with Gasteiger partial charge in [0.15, 0.2) is 11.0 Å². The third-order valence-corrected chi connectivity index (χ3v) is 9.31. The molecule has 6 rings (SSSR count). The second-order valence-corrected chi connectivity index (χ2v) is 11.9. The van der Waals surface area contributed by atoms with Crippen LogP contribution in [0.5, 0.6) is 5.75 Å². The number of carbonyl (C=O) groups excluding carboxylic acids is 1. The van der Waals surface area contributed by atoms with E-state index in [1.807, 2.05) is 64.9 Å². The van der Waals surface area contributed by atoms with Crippen molar-refractivity contribution in [3.05, 3.63) is 107 Å². The number of rotatable bonds is 9. The third-order valence-electron chi connectivity index (χ3n) is 7.34. The number of piperidine rings is 1. The Morgan fingerprint density at radius 2 is 1.73 bits per heavy atom. The van der Waals surface area contributed by atoms with Crippen molar-refractivity contribution in [2.75, 3.05) is 20.2 Å². The van der Waals surface area contributed by atoms with Gasteiger partial charge < -0.3 is 9.64 Å². The number of hydrogen-bond acceptors (Lipinski definition) is 7. The average Bonchev–Trinajstić information content (AvgIpc) is 3.69. The summed E-state index contributed by atoms with van der Waals surface area (Å²) in [5.74, 6) is 2.75. The van der Waals surface area contributed by atoms with E-state index in [4.69, 9.17) is 9.72 Å². The van der Waals surface area contributed by atoms with Crippen molar-refractivity contribution in [2.45, 2.75) is 30.2 Å². The van der Waals surface area contributed by atoms with E-state index in [1.54, 1.807) is 18.9 Å². The van der Waals surface area contributed by atoms with Crippen molar-refractivity contribution in [1.82, 2.24) is 24.6 Å². The summed E-state index contributed by atoms with van der Waals surface area (Å²) in [5, 5.41) is 12.6. The van der Waals surface area contributed by atoms with E-state index in [0.29, 0.717) is 17.4 Å². The zero-order valence-corrected chi connectivity index (χ0v) is 24.5. The number of amides is 1. The Kier molecular flexibility index (Phi) is 8.44. The lowest BCUT2D eigenvalue weighted by molar-refractivity contribution is 0.0685. The lowest BCUT2D eigenvalue weighted by Gasteiger charge is -2.31. The molecule has 0 radical (unpaired) electrons. The van der Waals surface area contributed by atoms with Gasteiger partial charge in [-0.3, -0.25) is 9.36 Å². The molecular weight excluding hydrogens is 551 g/mol. The number of methoxy groups -OCH3 is 1. The Hall–Kier alpha value is -3.95. The number of thiazole rings is 1. The summed E-state index contributed by atoms with van der Waals surface area (Å²) in [6.45, 7) is 1.57. The highest BCUT2D eigenvalue weighted by atomic mass is 32.2. The Morgan fingerprint density at radius 3 is 2.49 bits per heavy atom. The quantitative estimate of drug-likeness (QED) is 0.179. The van der Waals surface area contributed by atoms with Gasteiger partial charge in [0, 0.05) is 29.7 Å². The summed E-state index contributed by atoms with van der Waals surface area (Å²) in [7, 11) is 1.66. The molecule has 9 heteroatoms. The summed E-state index contributed by atoms with van der Waals surface area (Å²) in [5.41, 5.74) is 3.80. The zero-order chi connectivity index (χ0) is 28.0. The standard InChI is InChI=1S/C32H31N5O2S2/c1-39-27-14-8-11-25(20-27)30-34-35-32(37(30)26-12-6-3-7-13-26)41-22-29-33-28(21-40-29)31(38)36-17-15-24(16-18-36)19-23-9-4-2-5-10-23/h2-14,20-21,24H,15-19,22H2,1H3. The predicted octanol–water partition coefficient (Wildman–Crippen LogP) is 6.79. The van der Waals surface area contributed by atoms with Crippen molar-refractivity contribution < 1.29 is 9.53 Å². The van der Waals surface area contributed by atoms with E-state index in [9.17, 15) is 4.79 Å².